The van der Waals surface area contributed by atoms with Crippen molar-refractivity contribution < 1.29 is 4.79 Å². The molecule has 0 atom stereocenters. The summed E-state index contributed by atoms with van der Waals surface area (Å²) >= 11 is 0. The van der Waals surface area contributed by atoms with Crippen LogP contribution in [0.1, 0.15) is 29.8 Å². The van der Waals surface area contributed by atoms with Gasteiger partial charge in [-0.1, -0.05) is 0 Å². The molecule has 0 aromatic carbocycles. The summed E-state index contributed by atoms with van der Waals surface area (Å²) in [5.41, 5.74) is 6.07. The maximum atomic E-state index is 12.0. The minimum Gasteiger partial charge on any atom is -0.333 e. The van der Waals surface area contributed by atoms with E-state index in [4.69, 9.17) is 5.73 Å². The molecular weight excluding hydrogens is 192 g/mol. The van der Waals surface area contributed by atoms with Gasteiger partial charge in [-0.05, 0) is 25.3 Å². The van der Waals surface area contributed by atoms with Crippen LogP contribution in [0.4, 0.5) is 0 Å². The number of nitrogens with zero attached hydrogens (tertiary/aromatic N) is 2. The summed E-state index contributed by atoms with van der Waals surface area (Å²) < 4.78 is 0. The summed E-state index contributed by atoms with van der Waals surface area (Å²) in [5, 5.41) is 6.48. The Morgan fingerprint density at radius 3 is 2.93 bits per heavy atom. The number of H-pyrrole nitrogens is 1. The third-order valence-electron chi connectivity index (χ3n) is 2.88. The third kappa shape index (κ3) is 2.02. The molecule has 3 N–H and O–H groups in total. The van der Waals surface area contributed by atoms with Gasteiger partial charge < -0.3 is 10.6 Å². The predicted octanol–water partition coefficient (Wildman–Crippen LogP) is 0.363. The quantitative estimate of drug-likeness (QED) is 0.750. The van der Waals surface area contributed by atoms with Gasteiger partial charge in [-0.15, -0.1) is 0 Å². The van der Waals surface area contributed by atoms with Gasteiger partial charge in [0.25, 0.3) is 5.91 Å². The summed E-state index contributed by atoms with van der Waals surface area (Å²) in [6, 6.07) is 2.08. The number of nitrogens with one attached hydrogen (secondary N) is 1. The highest BCUT2D eigenvalue weighted by atomic mass is 16.2. The van der Waals surface area contributed by atoms with Crippen molar-refractivity contribution in [2.24, 2.45) is 5.73 Å². The van der Waals surface area contributed by atoms with Crippen LogP contribution in [0.25, 0.3) is 0 Å². The third-order valence-corrected chi connectivity index (χ3v) is 2.88. The molecule has 0 radical (unpaired) electrons. The first kappa shape index (κ1) is 10.2. The van der Waals surface area contributed by atoms with Crippen LogP contribution in [0.15, 0.2) is 12.3 Å². The number of carbonyl (C=O) groups excluding carboxylic acids is 1. The summed E-state index contributed by atoms with van der Waals surface area (Å²) in [4.78, 5) is 13.9. The lowest BCUT2D eigenvalue weighted by Gasteiger charge is -2.37. The van der Waals surface area contributed by atoms with Gasteiger partial charge in [0.1, 0.15) is 5.69 Å². The smallest absolute Gasteiger partial charge is 0.272 e. The van der Waals surface area contributed by atoms with Crippen molar-refractivity contribution in [3.8, 4) is 0 Å². The first-order valence-corrected chi connectivity index (χ1v) is 5.33. The molecular formula is C10H16N4O. The number of nitrogens with two attached hydrogens (primary N) is 1. The lowest BCUT2D eigenvalue weighted by atomic mass is 9.91. The van der Waals surface area contributed by atoms with E-state index in [2.05, 4.69) is 10.2 Å². The van der Waals surface area contributed by atoms with E-state index in [1.54, 1.807) is 12.3 Å². The maximum Gasteiger partial charge on any atom is 0.272 e. The van der Waals surface area contributed by atoms with Crippen molar-refractivity contribution >= 4 is 5.91 Å². The Kier molecular flexibility index (Phi) is 3.01. The van der Waals surface area contributed by atoms with Crippen LogP contribution in [0.2, 0.25) is 0 Å². The molecule has 1 aliphatic carbocycles. The second-order valence-electron chi connectivity index (χ2n) is 3.84. The lowest BCUT2D eigenvalue weighted by molar-refractivity contribution is 0.0582. The molecule has 1 aliphatic rings. The van der Waals surface area contributed by atoms with Crippen LogP contribution in [0, 0.1) is 0 Å². The van der Waals surface area contributed by atoms with Crippen LogP contribution in [0.3, 0.4) is 0 Å². The predicted molar refractivity (Wildman–Crippen MR) is 56.3 cm³/mol. The van der Waals surface area contributed by atoms with Crippen LogP contribution >= 0.6 is 0 Å². The zero-order valence-corrected chi connectivity index (χ0v) is 8.65. The fourth-order valence-electron chi connectivity index (χ4n) is 1.82. The van der Waals surface area contributed by atoms with E-state index in [1.807, 2.05) is 4.90 Å². The Balaban J connectivity index is 2.06. The number of amides is 1. The first-order chi connectivity index (χ1) is 7.33. The largest absolute Gasteiger partial charge is 0.333 e. The van der Waals surface area contributed by atoms with Gasteiger partial charge in [-0.3, -0.25) is 9.89 Å². The van der Waals surface area contributed by atoms with Crippen LogP contribution < -0.4 is 5.73 Å². The molecule has 1 amide bonds. The Hall–Kier alpha value is -1.36. The SMILES string of the molecule is NCCN(C(=O)c1ccn[nH]1)C1CCC1. The Morgan fingerprint density at radius 1 is 1.67 bits per heavy atom. The Bertz CT molecular complexity index is 318. The molecule has 0 bridgehead atoms. The minimum absolute atomic E-state index is 0.0163. The van der Waals surface area contributed by atoms with E-state index in [9.17, 15) is 4.79 Å². The molecule has 1 heterocycles. The summed E-state index contributed by atoms with van der Waals surface area (Å²) in [6.45, 7) is 1.14. The molecule has 5 nitrogen and oxygen atoms in total. The van der Waals surface area contributed by atoms with Crippen molar-refractivity contribution in [2.75, 3.05) is 13.1 Å². The number of carbonyl (C=O) groups is 1. The molecule has 2 rings (SSSR count). The Labute approximate surface area is 88.6 Å². The molecule has 1 aromatic heterocycles. The van der Waals surface area contributed by atoms with Crippen molar-refractivity contribution in [3.05, 3.63) is 18.0 Å². The van der Waals surface area contributed by atoms with Gasteiger partial charge in [0.05, 0.1) is 0 Å². The zero-order chi connectivity index (χ0) is 10.7. The van der Waals surface area contributed by atoms with E-state index < -0.39 is 0 Å². The van der Waals surface area contributed by atoms with E-state index in [0.717, 1.165) is 12.8 Å². The summed E-state index contributed by atoms with van der Waals surface area (Å²) in [6.07, 6.45) is 5.00. The number of hydrogen-bond acceptors (Lipinski definition) is 3. The van der Waals surface area contributed by atoms with E-state index in [-0.39, 0.29) is 5.91 Å². The molecule has 82 valence electrons. The fraction of sp³-hybridized carbons (Fsp3) is 0.600. The van der Waals surface area contributed by atoms with E-state index >= 15 is 0 Å². The van der Waals surface area contributed by atoms with Crippen LogP contribution in [-0.4, -0.2) is 40.1 Å². The molecule has 1 saturated carbocycles. The first-order valence-electron chi connectivity index (χ1n) is 5.33. The van der Waals surface area contributed by atoms with Crippen molar-refractivity contribution in [1.29, 1.82) is 0 Å². The highest BCUT2D eigenvalue weighted by molar-refractivity contribution is 5.92. The summed E-state index contributed by atoms with van der Waals surface area (Å²) in [7, 11) is 0. The second-order valence-corrected chi connectivity index (χ2v) is 3.84. The van der Waals surface area contributed by atoms with Crippen LogP contribution in [-0.2, 0) is 0 Å². The van der Waals surface area contributed by atoms with Gasteiger partial charge >= 0.3 is 0 Å². The fourth-order valence-corrected chi connectivity index (χ4v) is 1.82. The number of aromatic nitrogens is 2. The monoisotopic (exact) mass is 208 g/mol. The topological polar surface area (TPSA) is 75.0 Å². The van der Waals surface area contributed by atoms with Gasteiger partial charge in [-0.25, -0.2) is 0 Å². The maximum absolute atomic E-state index is 12.0. The van der Waals surface area contributed by atoms with Crippen molar-refractivity contribution in [1.82, 2.24) is 15.1 Å². The van der Waals surface area contributed by atoms with E-state index in [0.29, 0.717) is 24.8 Å². The number of aromatic amines is 1. The molecule has 0 aliphatic heterocycles. The number of hydrogen-bond donors (Lipinski definition) is 2. The normalized spacial score (nSPS) is 16.1. The van der Waals surface area contributed by atoms with Crippen molar-refractivity contribution in [3.63, 3.8) is 0 Å². The molecule has 0 unspecified atom stereocenters. The molecule has 1 fully saturated rings. The van der Waals surface area contributed by atoms with E-state index in [1.165, 1.54) is 6.42 Å². The number of rotatable bonds is 4. The highest BCUT2D eigenvalue weighted by Gasteiger charge is 2.29. The second kappa shape index (κ2) is 4.44. The average molecular weight is 208 g/mol. The highest BCUT2D eigenvalue weighted by Crippen LogP contribution is 2.25. The minimum atomic E-state index is 0.0163. The van der Waals surface area contributed by atoms with Crippen molar-refractivity contribution in [2.45, 2.75) is 25.3 Å². The van der Waals surface area contributed by atoms with Gasteiger partial charge in [0.15, 0.2) is 0 Å². The molecule has 0 saturated heterocycles. The molecule has 0 spiro atoms. The zero-order valence-electron chi connectivity index (χ0n) is 8.65. The van der Waals surface area contributed by atoms with Gasteiger partial charge in [-0.2, -0.15) is 5.10 Å². The van der Waals surface area contributed by atoms with Crippen LogP contribution in [0.5, 0.6) is 0 Å². The molecule has 15 heavy (non-hydrogen) atoms. The van der Waals surface area contributed by atoms with Gasteiger partial charge in [0, 0.05) is 25.3 Å². The molecule has 5 heteroatoms. The Morgan fingerprint density at radius 2 is 2.47 bits per heavy atom. The van der Waals surface area contributed by atoms with Gasteiger partial charge in [0.2, 0.25) is 0 Å². The average Bonchev–Trinajstić information content (AvgIpc) is 2.66. The lowest BCUT2D eigenvalue weighted by Crippen LogP contribution is -2.46. The standard InChI is InChI=1S/C10H16N4O/c11-5-7-14(8-2-1-3-8)10(15)9-4-6-12-13-9/h4,6,8H,1-3,5,7,11H2,(H,12,13). The molecule has 1 aromatic rings. The summed E-state index contributed by atoms with van der Waals surface area (Å²) in [5.74, 6) is 0.0163.